The highest BCUT2D eigenvalue weighted by Crippen LogP contribution is 2.04. The summed E-state index contributed by atoms with van der Waals surface area (Å²) >= 11 is 0. The van der Waals surface area contributed by atoms with Gasteiger partial charge in [-0.3, -0.25) is 4.98 Å². The number of rotatable bonds is 5. The predicted molar refractivity (Wildman–Crippen MR) is 57.0 cm³/mol. The molecule has 3 nitrogen and oxygen atoms in total. The van der Waals surface area contributed by atoms with Gasteiger partial charge in [0.25, 0.3) is 0 Å². The van der Waals surface area contributed by atoms with Crippen LogP contribution in [-0.4, -0.2) is 24.2 Å². The summed E-state index contributed by atoms with van der Waals surface area (Å²) in [6, 6.07) is 4.00. The molecule has 3 heteroatoms. The Kier molecular flexibility index (Phi) is 4.04. The molecule has 0 fully saturated rings. The number of methoxy groups -OCH3 is 1. The van der Waals surface area contributed by atoms with Crippen LogP contribution in [0, 0.1) is 0 Å². The summed E-state index contributed by atoms with van der Waals surface area (Å²) in [7, 11) is 1.72. The smallest absolute Gasteiger partial charge is 0.0639 e. The minimum absolute atomic E-state index is 0.00455. The van der Waals surface area contributed by atoms with Gasteiger partial charge in [0.1, 0.15) is 0 Å². The van der Waals surface area contributed by atoms with E-state index in [2.05, 4.69) is 30.2 Å². The molecule has 0 radical (unpaired) electrons. The Labute approximate surface area is 85.5 Å². The van der Waals surface area contributed by atoms with Crippen LogP contribution in [0.1, 0.15) is 19.4 Å². The molecular formula is C11H18N2O. The maximum atomic E-state index is 5.12. The van der Waals surface area contributed by atoms with Crippen molar-refractivity contribution in [2.24, 2.45) is 0 Å². The molecule has 0 aromatic carbocycles. The average molecular weight is 194 g/mol. The lowest BCUT2D eigenvalue weighted by atomic mass is 10.1. The zero-order chi connectivity index (χ0) is 10.4. The molecule has 0 atom stereocenters. The molecule has 0 saturated heterocycles. The van der Waals surface area contributed by atoms with Crippen molar-refractivity contribution in [2.45, 2.75) is 25.9 Å². The van der Waals surface area contributed by atoms with Gasteiger partial charge in [0, 0.05) is 31.6 Å². The van der Waals surface area contributed by atoms with Crippen molar-refractivity contribution >= 4 is 0 Å². The number of hydrogen-bond acceptors (Lipinski definition) is 3. The zero-order valence-corrected chi connectivity index (χ0v) is 9.08. The first kappa shape index (κ1) is 11.1. The number of nitrogens with one attached hydrogen (secondary N) is 1. The summed E-state index contributed by atoms with van der Waals surface area (Å²) < 4.78 is 5.12. The third-order valence-electron chi connectivity index (χ3n) is 2.00. The van der Waals surface area contributed by atoms with Gasteiger partial charge in [0.2, 0.25) is 0 Å². The molecule has 78 valence electrons. The topological polar surface area (TPSA) is 34.1 Å². The Balaban J connectivity index is 2.40. The third-order valence-corrected chi connectivity index (χ3v) is 2.00. The first-order chi connectivity index (χ1) is 6.64. The second-order valence-electron chi connectivity index (χ2n) is 4.03. The van der Waals surface area contributed by atoms with E-state index in [1.807, 2.05) is 12.3 Å². The van der Waals surface area contributed by atoms with E-state index in [0.29, 0.717) is 6.61 Å². The number of nitrogens with zero attached hydrogens (tertiary/aromatic N) is 1. The lowest BCUT2D eigenvalue weighted by molar-refractivity contribution is 0.127. The standard InChI is InChI=1S/C11H18N2O/c1-11(2,9-14-3)13-8-10-5-4-6-12-7-10/h4-7,13H,8-9H2,1-3H3. The SMILES string of the molecule is COCC(C)(C)NCc1cccnc1. The van der Waals surface area contributed by atoms with E-state index in [-0.39, 0.29) is 5.54 Å². The molecule has 1 heterocycles. The van der Waals surface area contributed by atoms with Gasteiger partial charge < -0.3 is 10.1 Å². The van der Waals surface area contributed by atoms with Crippen LogP contribution in [0.5, 0.6) is 0 Å². The summed E-state index contributed by atoms with van der Waals surface area (Å²) in [5.41, 5.74) is 1.20. The second-order valence-corrected chi connectivity index (χ2v) is 4.03. The van der Waals surface area contributed by atoms with E-state index in [4.69, 9.17) is 4.74 Å². The molecule has 0 amide bonds. The van der Waals surface area contributed by atoms with E-state index in [1.54, 1.807) is 13.3 Å². The Morgan fingerprint density at radius 2 is 2.29 bits per heavy atom. The molecule has 0 bridgehead atoms. The summed E-state index contributed by atoms with van der Waals surface area (Å²) in [5, 5.41) is 3.41. The fraction of sp³-hybridized carbons (Fsp3) is 0.545. The fourth-order valence-corrected chi connectivity index (χ4v) is 1.26. The molecule has 1 aromatic heterocycles. The first-order valence-electron chi connectivity index (χ1n) is 4.77. The van der Waals surface area contributed by atoms with E-state index in [9.17, 15) is 0 Å². The summed E-state index contributed by atoms with van der Waals surface area (Å²) in [6.07, 6.45) is 3.65. The van der Waals surface area contributed by atoms with Gasteiger partial charge in [0.15, 0.2) is 0 Å². The molecular weight excluding hydrogens is 176 g/mol. The maximum absolute atomic E-state index is 5.12. The Morgan fingerprint density at radius 3 is 2.86 bits per heavy atom. The van der Waals surface area contributed by atoms with Crippen LogP contribution in [0.2, 0.25) is 0 Å². The molecule has 1 rings (SSSR count). The van der Waals surface area contributed by atoms with Crippen molar-refractivity contribution in [1.29, 1.82) is 0 Å². The minimum atomic E-state index is 0.00455. The molecule has 0 spiro atoms. The molecule has 0 aliphatic rings. The molecule has 14 heavy (non-hydrogen) atoms. The van der Waals surface area contributed by atoms with Crippen LogP contribution in [0.25, 0.3) is 0 Å². The largest absolute Gasteiger partial charge is 0.383 e. The van der Waals surface area contributed by atoms with Crippen molar-refractivity contribution in [3.63, 3.8) is 0 Å². The lowest BCUT2D eigenvalue weighted by Crippen LogP contribution is -2.42. The number of pyridine rings is 1. The summed E-state index contributed by atoms with van der Waals surface area (Å²) in [5.74, 6) is 0. The monoisotopic (exact) mass is 194 g/mol. The highest BCUT2D eigenvalue weighted by molar-refractivity contribution is 5.08. The quantitative estimate of drug-likeness (QED) is 0.773. The summed E-state index contributed by atoms with van der Waals surface area (Å²) in [6.45, 7) is 5.76. The van der Waals surface area contributed by atoms with Gasteiger partial charge >= 0.3 is 0 Å². The van der Waals surface area contributed by atoms with Crippen molar-refractivity contribution in [3.05, 3.63) is 30.1 Å². The molecule has 1 aromatic rings. The van der Waals surface area contributed by atoms with E-state index in [1.165, 1.54) is 5.56 Å². The van der Waals surface area contributed by atoms with Gasteiger partial charge in [-0.1, -0.05) is 6.07 Å². The zero-order valence-electron chi connectivity index (χ0n) is 9.08. The van der Waals surface area contributed by atoms with E-state index in [0.717, 1.165) is 6.54 Å². The number of hydrogen-bond donors (Lipinski definition) is 1. The van der Waals surface area contributed by atoms with Crippen LogP contribution in [-0.2, 0) is 11.3 Å². The molecule has 0 aliphatic heterocycles. The Hall–Kier alpha value is -0.930. The maximum Gasteiger partial charge on any atom is 0.0639 e. The number of ether oxygens (including phenoxy) is 1. The third kappa shape index (κ3) is 3.85. The van der Waals surface area contributed by atoms with Crippen LogP contribution in [0.4, 0.5) is 0 Å². The van der Waals surface area contributed by atoms with Crippen molar-refractivity contribution in [3.8, 4) is 0 Å². The fourth-order valence-electron chi connectivity index (χ4n) is 1.26. The average Bonchev–Trinajstić information content (AvgIpc) is 2.17. The normalized spacial score (nSPS) is 11.6. The Bertz CT molecular complexity index is 259. The minimum Gasteiger partial charge on any atom is -0.383 e. The van der Waals surface area contributed by atoms with E-state index < -0.39 is 0 Å². The predicted octanol–water partition coefficient (Wildman–Crippen LogP) is 1.60. The van der Waals surface area contributed by atoms with Crippen LogP contribution < -0.4 is 5.32 Å². The van der Waals surface area contributed by atoms with Crippen molar-refractivity contribution < 1.29 is 4.74 Å². The van der Waals surface area contributed by atoms with Crippen LogP contribution in [0.3, 0.4) is 0 Å². The van der Waals surface area contributed by atoms with Gasteiger partial charge in [-0.05, 0) is 25.5 Å². The first-order valence-corrected chi connectivity index (χ1v) is 4.77. The molecule has 1 N–H and O–H groups in total. The number of aromatic nitrogens is 1. The molecule has 0 saturated carbocycles. The highest BCUT2D eigenvalue weighted by atomic mass is 16.5. The van der Waals surface area contributed by atoms with Crippen molar-refractivity contribution in [1.82, 2.24) is 10.3 Å². The van der Waals surface area contributed by atoms with Gasteiger partial charge in [-0.25, -0.2) is 0 Å². The van der Waals surface area contributed by atoms with Crippen molar-refractivity contribution in [2.75, 3.05) is 13.7 Å². The second kappa shape index (κ2) is 5.08. The van der Waals surface area contributed by atoms with Crippen LogP contribution >= 0.6 is 0 Å². The van der Waals surface area contributed by atoms with Crippen LogP contribution in [0.15, 0.2) is 24.5 Å². The Morgan fingerprint density at radius 1 is 1.50 bits per heavy atom. The highest BCUT2D eigenvalue weighted by Gasteiger charge is 2.15. The molecule has 0 aliphatic carbocycles. The van der Waals surface area contributed by atoms with Gasteiger partial charge in [0.05, 0.1) is 6.61 Å². The van der Waals surface area contributed by atoms with Gasteiger partial charge in [-0.15, -0.1) is 0 Å². The van der Waals surface area contributed by atoms with E-state index >= 15 is 0 Å². The lowest BCUT2D eigenvalue weighted by Gasteiger charge is -2.25. The summed E-state index contributed by atoms with van der Waals surface area (Å²) in [4.78, 5) is 4.06. The molecule has 0 unspecified atom stereocenters. The van der Waals surface area contributed by atoms with Gasteiger partial charge in [-0.2, -0.15) is 0 Å².